The molecule has 2 aliphatic rings. The zero-order valence-corrected chi connectivity index (χ0v) is 23.1. The van der Waals surface area contributed by atoms with Gasteiger partial charge in [-0.15, -0.1) is 0 Å². The Labute approximate surface area is 222 Å². The van der Waals surface area contributed by atoms with Crippen molar-refractivity contribution in [1.29, 1.82) is 0 Å². The average Bonchev–Trinajstić information content (AvgIpc) is 3.25. The summed E-state index contributed by atoms with van der Waals surface area (Å²) in [6, 6.07) is 16.2. The number of alkyl carbamates (subject to hydrolysis) is 1. The fraction of sp³-hybridized carbons (Fsp3) is 0.444. The molecule has 2 aromatic rings. The molecule has 0 radical (unpaired) electrons. The van der Waals surface area contributed by atoms with Gasteiger partial charge in [-0.3, -0.25) is 4.79 Å². The van der Waals surface area contributed by atoms with Crippen molar-refractivity contribution in [2.24, 2.45) is 4.99 Å². The van der Waals surface area contributed by atoms with Crippen LogP contribution in [-0.2, 0) is 32.3 Å². The molecule has 2 heterocycles. The van der Waals surface area contributed by atoms with Crippen LogP contribution >= 0.6 is 11.8 Å². The highest BCUT2D eigenvalue weighted by atomic mass is 32.2. The van der Waals surface area contributed by atoms with Gasteiger partial charge in [0.15, 0.2) is 15.0 Å². The van der Waals surface area contributed by atoms with Gasteiger partial charge in [-0.1, -0.05) is 71.9 Å². The second kappa shape index (κ2) is 10.9. The minimum Gasteiger partial charge on any atom is -0.444 e. The first kappa shape index (κ1) is 27.2. The number of carbonyl (C=O) groups is 2. The van der Waals surface area contributed by atoms with Gasteiger partial charge < -0.3 is 15.0 Å². The zero-order chi connectivity index (χ0) is 26.8. The molecule has 2 amide bonds. The molecule has 0 bridgehead atoms. The van der Waals surface area contributed by atoms with Gasteiger partial charge in [-0.05, 0) is 38.8 Å². The molecule has 37 heavy (non-hydrogen) atoms. The number of thioether (sulfide) groups is 1. The van der Waals surface area contributed by atoms with E-state index in [0.717, 1.165) is 16.7 Å². The summed E-state index contributed by atoms with van der Waals surface area (Å²) >= 11 is 1.33. The topological polar surface area (TPSA) is 105 Å². The molecule has 2 aromatic carbocycles. The van der Waals surface area contributed by atoms with Crippen molar-refractivity contribution < 1.29 is 22.7 Å². The predicted octanol–water partition coefficient (Wildman–Crippen LogP) is 3.73. The molecular formula is C27H33N3O5S2. The van der Waals surface area contributed by atoms with Crippen LogP contribution in [0.2, 0.25) is 0 Å². The van der Waals surface area contributed by atoms with Crippen molar-refractivity contribution in [2.75, 3.05) is 11.5 Å². The van der Waals surface area contributed by atoms with Crippen molar-refractivity contribution in [3.63, 3.8) is 0 Å². The lowest BCUT2D eigenvalue weighted by atomic mass is 10.1. The maximum absolute atomic E-state index is 13.5. The number of benzene rings is 2. The number of aryl methyl sites for hydroxylation is 1. The molecule has 4 rings (SSSR count). The maximum Gasteiger partial charge on any atom is 0.408 e. The average molecular weight is 544 g/mol. The van der Waals surface area contributed by atoms with E-state index in [4.69, 9.17) is 4.74 Å². The number of sulfone groups is 1. The molecule has 8 nitrogen and oxygen atoms in total. The summed E-state index contributed by atoms with van der Waals surface area (Å²) in [6.07, 6.45) is -0.444. The first-order chi connectivity index (χ1) is 17.4. The normalized spacial score (nSPS) is 22.5. The summed E-state index contributed by atoms with van der Waals surface area (Å²) < 4.78 is 30.1. The Balaban J connectivity index is 1.60. The largest absolute Gasteiger partial charge is 0.444 e. The molecule has 0 spiro atoms. The highest BCUT2D eigenvalue weighted by Gasteiger charge is 2.48. The number of carbonyl (C=O) groups excluding carboxylic acids is 2. The first-order valence-electron chi connectivity index (χ1n) is 12.2. The van der Waals surface area contributed by atoms with Crippen LogP contribution in [0.5, 0.6) is 0 Å². The maximum atomic E-state index is 13.5. The lowest BCUT2D eigenvalue weighted by molar-refractivity contribution is -0.119. The Morgan fingerprint density at radius 1 is 1.08 bits per heavy atom. The van der Waals surface area contributed by atoms with Gasteiger partial charge in [0.25, 0.3) is 5.91 Å². The number of ether oxygens (including phenoxy) is 1. The molecule has 10 heteroatoms. The number of nitrogens with one attached hydrogen (secondary N) is 1. The lowest BCUT2D eigenvalue weighted by Gasteiger charge is -2.25. The highest BCUT2D eigenvalue weighted by Crippen LogP contribution is 2.39. The van der Waals surface area contributed by atoms with Gasteiger partial charge in [0.2, 0.25) is 0 Å². The minimum absolute atomic E-state index is 0.0351. The van der Waals surface area contributed by atoms with Crippen LogP contribution in [0.25, 0.3) is 0 Å². The molecule has 2 saturated heterocycles. The second-order valence-corrected chi connectivity index (χ2v) is 13.9. The Morgan fingerprint density at radius 3 is 2.41 bits per heavy atom. The van der Waals surface area contributed by atoms with Crippen molar-refractivity contribution in [3.8, 4) is 0 Å². The van der Waals surface area contributed by atoms with E-state index in [1.165, 1.54) is 11.8 Å². The molecule has 0 aromatic heterocycles. The molecular weight excluding hydrogens is 510 g/mol. The summed E-state index contributed by atoms with van der Waals surface area (Å²) in [7, 11) is -3.16. The van der Waals surface area contributed by atoms with Gasteiger partial charge >= 0.3 is 6.09 Å². The molecule has 0 unspecified atom stereocenters. The SMILES string of the molecule is Cc1ccc(CN2C(=NC(=O)[C@@H](Cc3ccccc3)NC(=O)OC(C)(C)C)S[C@@H]3CS(=O)(=O)C[C@@H]32)cc1. The Kier molecular flexibility index (Phi) is 7.99. The number of rotatable bonds is 6. The molecule has 1 N–H and O–H groups in total. The van der Waals surface area contributed by atoms with Crippen LogP contribution in [-0.4, -0.2) is 64.9 Å². The summed E-state index contributed by atoms with van der Waals surface area (Å²) in [5.74, 6) is -0.411. The van der Waals surface area contributed by atoms with Crippen LogP contribution in [0, 0.1) is 6.92 Å². The number of hydrogen-bond acceptors (Lipinski definition) is 6. The second-order valence-electron chi connectivity index (χ2n) is 10.5. The van der Waals surface area contributed by atoms with E-state index in [1.807, 2.05) is 66.4 Å². The van der Waals surface area contributed by atoms with Crippen LogP contribution < -0.4 is 5.32 Å². The molecule has 0 aliphatic carbocycles. The van der Waals surface area contributed by atoms with E-state index >= 15 is 0 Å². The van der Waals surface area contributed by atoms with Gasteiger partial charge in [-0.25, -0.2) is 13.2 Å². The Bertz CT molecular complexity index is 1270. The van der Waals surface area contributed by atoms with E-state index in [2.05, 4.69) is 10.3 Å². The molecule has 2 fully saturated rings. The van der Waals surface area contributed by atoms with Crippen molar-refractivity contribution in [3.05, 3.63) is 71.3 Å². The Morgan fingerprint density at radius 2 is 1.76 bits per heavy atom. The van der Waals surface area contributed by atoms with Crippen molar-refractivity contribution in [1.82, 2.24) is 10.2 Å². The third kappa shape index (κ3) is 7.35. The standard InChI is InChI=1S/C27H33N3O5S2/c1-18-10-12-20(13-11-18)15-30-22-16-37(33,34)17-23(22)36-25(30)29-24(31)21(14-19-8-6-5-7-9-19)28-26(32)35-27(2,3)4/h5-13,21-23H,14-17H2,1-4H3,(H,28,32)/t21-,22+,23-/m1/s1. The first-order valence-corrected chi connectivity index (χ1v) is 14.9. The van der Waals surface area contributed by atoms with Crippen LogP contribution in [0.3, 0.4) is 0 Å². The summed E-state index contributed by atoms with van der Waals surface area (Å²) in [4.78, 5) is 32.4. The molecule has 2 aliphatic heterocycles. The molecule has 3 atom stereocenters. The molecule has 0 saturated carbocycles. The third-order valence-electron chi connectivity index (χ3n) is 6.13. The summed E-state index contributed by atoms with van der Waals surface area (Å²) in [5, 5.41) is 2.99. The van der Waals surface area contributed by atoms with E-state index in [-0.39, 0.29) is 29.2 Å². The zero-order valence-electron chi connectivity index (χ0n) is 21.5. The van der Waals surface area contributed by atoms with Crippen molar-refractivity contribution in [2.45, 2.75) is 63.6 Å². The van der Waals surface area contributed by atoms with Crippen LogP contribution in [0.1, 0.15) is 37.5 Å². The summed E-state index contributed by atoms with van der Waals surface area (Å²) in [5.41, 5.74) is 2.28. The number of nitrogens with zero attached hydrogens (tertiary/aromatic N) is 2. The fourth-order valence-corrected chi connectivity index (χ4v) is 8.34. The molecule has 198 valence electrons. The number of aliphatic imine (C=N–C) groups is 1. The van der Waals surface area contributed by atoms with Gasteiger partial charge in [-0.2, -0.15) is 4.99 Å². The number of amidine groups is 1. The highest BCUT2D eigenvalue weighted by molar-refractivity contribution is 8.15. The van der Waals surface area contributed by atoms with Gasteiger partial charge in [0, 0.05) is 18.2 Å². The van der Waals surface area contributed by atoms with E-state index in [1.54, 1.807) is 20.8 Å². The summed E-state index contributed by atoms with van der Waals surface area (Å²) in [6.45, 7) is 7.72. The van der Waals surface area contributed by atoms with E-state index in [0.29, 0.717) is 11.7 Å². The van der Waals surface area contributed by atoms with Crippen LogP contribution in [0.4, 0.5) is 4.79 Å². The van der Waals surface area contributed by atoms with E-state index < -0.39 is 33.5 Å². The van der Waals surface area contributed by atoms with Gasteiger partial charge in [0.05, 0.1) is 17.5 Å². The van der Waals surface area contributed by atoms with Crippen molar-refractivity contribution >= 4 is 38.8 Å². The number of amides is 2. The Hall–Kier alpha value is -2.85. The fourth-order valence-electron chi connectivity index (χ4n) is 4.38. The third-order valence-corrected chi connectivity index (χ3v) is 9.37. The number of fused-ring (bicyclic) bond motifs is 1. The number of hydrogen-bond donors (Lipinski definition) is 1. The van der Waals surface area contributed by atoms with E-state index in [9.17, 15) is 18.0 Å². The van der Waals surface area contributed by atoms with Crippen LogP contribution in [0.15, 0.2) is 59.6 Å². The quantitative estimate of drug-likeness (QED) is 0.592. The smallest absolute Gasteiger partial charge is 0.408 e. The monoisotopic (exact) mass is 543 g/mol. The van der Waals surface area contributed by atoms with Gasteiger partial charge in [0.1, 0.15) is 11.6 Å². The lowest BCUT2D eigenvalue weighted by Crippen LogP contribution is -2.45. The minimum atomic E-state index is -3.16. The predicted molar refractivity (Wildman–Crippen MR) is 146 cm³/mol.